The number of nitrogens with one attached hydrogen (secondary N) is 1. The number of hydrogen-bond donors (Lipinski definition) is 2. The average Bonchev–Trinajstić information content (AvgIpc) is 2.79. The predicted octanol–water partition coefficient (Wildman–Crippen LogP) is 3.67. The van der Waals surface area contributed by atoms with E-state index in [4.69, 9.17) is 9.47 Å². The fourth-order valence-electron chi connectivity index (χ4n) is 3.77. The van der Waals surface area contributed by atoms with Gasteiger partial charge < -0.3 is 24.8 Å². The van der Waals surface area contributed by atoms with Crippen LogP contribution in [0.5, 0.6) is 11.5 Å². The Morgan fingerprint density at radius 1 is 1.13 bits per heavy atom. The van der Waals surface area contributed by atoms with Gasteiger partial charge in [0.1, 0.15) is 29.2 Å². The summed E-state index contributed by atoms with van der Waals surface area (Å²) in [5.74, 6) is 0.532. The maximum atomic E-state index is 14.1. The molecule has 1 aromatic heterocycles. The zero-order chi connectivity index (χ0) is 22.0. The Kier molecular flexibility index (Phi) is 5.73. The lowest BCUT2D eigenvalue weighted by Gasteiger charge is -2.34. The number of rotatable bonds is 5. The minimum absolute atomic E-state index is 0.0728. The molecule has 160 valence electrons. The summed E-state index contributed by atoms with van der Waals surface area (Å²) in [5.41, 5.74) is 1.78. The molecule has 2 heterocycles. The van der Waals surface area contributed by atoms with Crippen molar-refractivity contribution in [3.63, 3.8) is 0 Å². The minimum atomic E-state index is -0.947. The number of aliphatic hydroxyl groups excluding tert-OH is 1. The molecule has 7 nitrogen and oxygen atoms in total. The number of hydrogen-bond acceptors (Lipinski definition) is 6. The largest absolute Gasteiger partial charge is 0.496 e. The summed E-state index contributed by atoms with van der Waals surface area (Å²) >= 11 is 0. The Morgan fingerprint density at radius 3 is 2.61 bits per heavy atom. The second-order valence-corrected chi connectivity index (χ2v) is 7.07. The van der Waals surface area contributed by atoms with E-state index in [-0.39, 0.29) is 36.1 Å². The van der Waals surface area contributed by atoms with Gasteiger partial charge in [0, 0.05) is 17.3 Å². The predicted molar refractivity (Wildman–Crippen MR) is 113 cm³/mol. The third-order valence-corrected chi connectivity index (χ3v) is 5.24. The van der Waals surface area contributed by atoms with E-state index in [9.17, 15) is 14.3 Å². The highest BCUT2D eigenvalue weighted by molar-refractivity contribution is 5.99. The number of halogens is 1. The summed E-state index contributed by atoms with van der Waals surface area (Å²) in [6, 6.07) is 12.9. The quantitative estimate of drug-likeness (QED) is 0.652. The van der Waals surface area contributed by atoms with Crippen molar-refractivity contribution in [1.82, 2.24) is 9.88 Å². The standard InChI is InChI=1S/C23H22FN3O4/c1-30-19-9-10-20(31-2)21-15(19)12-27(13-18(21)28)23(29)14-6-5-11-25-22(14)26-17-8-4-3-7-16(17)24/h3-11,18,28H,12-13H2,1-2H3,(H,25,26)/t18-/m0/s1. The molecule has 0 saturated heterocycles. The first kappa shape index (κ1) is 20.6. The van der Waals surface area contributed by atoms with Crippen molar-refractivity contribution in [2.24, 2.45) is 0 Å². The molecule has 0 saturated carbocycles. The summed E-state index contributed by atoms with van der Waals surface area (Å²) in [5, 5.41) is 13.7. The van der Waals surface area contributed by atoms with Crippen LogP contribution in [0.1, 0.15) is 27.6 Å². The second kappa shape index (κ2) is 8.61. The Hall–Kier alpha value is -3.65. The molecule has 1 atom stereocenters. The van der Waals surface area contributed by atoms with Gasteiger partial charge in [0.25, 0.3) is 5.91 Å². The third-order valence-electron chi connectivity index (χ3n) is 5.24. The molecular formula is C23H22FN3O4. The summed E-state index contributed by atoms with van der Waals surface area (Å²) in [7, 11) is 3.06. The molecule has 0 radical (unpaired) electrons. The number of ether oxygens (including phenoxy) is 2. The van der Waals surface area contributed by atoms with Gasteiger partial charge in [0.05, 0.1) is 38.6 Å². The fraction of sp³-hybridized carbons (Fsp3) is 0.217. The van der Waals surface area contributed by atoms with Gasteiger partial charge in [0.2, 0.25) is 0 Å². The van der Waals surface area contributed by atoms with Crippen LogP contribution in [-0.2, 0) is 6.54 Å². The van der Waals surface area contributed by atoms with Gasteiger partial charge in [0.15, 0.2) is 0 Å². The second-order valence-electron chi connectivity index (χ2n) is 7.07. The minimum Gasteiger partial charge on any atom is -0.496 e. The lowest BCUT2D eigenvalue weighted by Crippen LogP contribution is -2.39. The van der Waals surface area contributed by atoms with Crippen LogP contribution in [0, 0.1) is 5.82 Å². The maximum Gasteiger partial charge on any atom is 0.258 e. The van der Waals surface area contributed by atoms with Crippen LogP contribution >= 0.6 is 0 Å². The number of carbonyl (C=O) groups excluding carboxylic acids is 1. The van der Waals surface area contributed by atoms with Crippen molar-refractivity contribution in [2.75, 3.05) is 26.1 Å². The smallest absolute Gasteiger partial charge is 0.258 e. The molecule has 0 fully saturated rings. The molecule has 0 spiro atoms. The molecule has 31 heavy (non-hydrogen) atoms. The van der Waals surface area contributed by atoms with Crippen molar-refractivity contribution < 1.29 is 23.8 Å². The van der Waals surface area contributed by atoms with Gasteiger partial charge in [-0.2, -0.15) is 0 Å². The van der Waals surface area contributed by atoms with E-state index in [0.29, 0.717) is 22.6 Å². The van der Waals surface area contributed by atoms with E-state index in [1.54, 1.807) is 42.5 Å². The Bertz CT molecular complexity index is 1120. The molecule has 2 aromatic carbocycles. The van der Waals surface area contributed by atoms with Crippen molar-refractivity contribution in [3.8, 4) is 11.5 Å². The van der Waals surface area contributed by atoms with Crippen LogP contribution in [-0.4, -0.2) is 41.7 Å². The number of benzene rings is 2. The van der Waals surface area contributed by atoms with Gasteiger partial charge >= 0.3 is 0 Å². The van der Waals surface area contributed by atoms with Gasteiger partial charge in [-0.05, 0) is 36.4 Å². The maximum absolute atomic E-state index is 14.1. The summed E-state index contributed by atoms with van der Waals surface area (Å²) in [4.78, 5) is 19.1. The number of methoxy groups -OCH3 is 2. The number of nitrogens with zero attached hydrogens (tertiary/aromatic N) is 2. The number of anilines is 2. The Balaban J connectivity index is 1.67. The van der Waals surface area contributed by atoms with E-state index in [2.05, 4.69) is 10.3 Å². The van der Waals surface area contributed by atoms with Crippen molar-refractivity contribution in [3.05, 3.63) is 77.2 Å². The van der Waals surface area contributed by atoms with Crippen LogP contribution in [0.4, 0.5) is 15.9 Å². The van der Waals surface area contributed by atoms with Crippen LogP contribution in [0.25, 0.3) is 0 Å². The zero-order valence-electron chi connectivity index (χ0n) is 17.1. The molecular weight excluding hydrogens is 401 g/mol. The molecule has 8 heteroatoms. The molecule has 1 aliphatic heterocycles. The number of aromatic nitrogens is 1. The van der Waals surface area contributed by atoms with Gasteiger partial charge in [-0.25, -0.2) is 9.37 Å². The lowest BCUT2D eigenvalue weighted by molar-refractivity contribution is 0.0539. The van der Waals surface area contributed by atoms with E-state index in [1.807, 2.05) is 0 Å². The molecule has 4 rings (SSSR count). The number of pyridine rings is 1. The number of amides is 1. The molecule has 0 unspecified atom stereocenters. The van der Waals surface area contributed by atoms with Crippen molar-refractivity contribution in [2.45, 2.75) is 12.6 Å². The van der Waals surface area contributed by atoms with Crippen molar-refractivity contribution in [1.29, 1.82) is 0 Å². The van der Waals surface area contributed by atoms with Crippen LogP contribution < -0.4 is 14.8 Å². The number of fused-ring (bicyclic) bond motifs is 1. The van der Waals surface area contributed by atoms with Crippen LogP contribution in [0.15, 0.2) is 54.7 Å². The molecule has 1 aliphatic rings. The number of β-amino-alcohol motifs (C(OH)–C–C–N with tert-alkyl or cyclic N) is 1. The summed E-state index contributed by atoms with van der Waals surface area (Å²) < 4.78 is 24.9. The van der Waals surface area contributed by atoms with E-state index < -0.39 is 11.9 Å². The van der Waals surface area contributed by atoms with E-state index >= 15 is 0 Å². The topological polar surface area (TPSA) is 83.9 Å². The van der Waals surface area contributed by atoms with Crippen LogP contribution in [0.3, 0.4) is 0 Å². The first-order valence-electron chi connectivity index (χ1n) is 9.71. The number of para-hydroxylation sites is 1. The highest BCUT2D eigenvalue weighted by Gasteiger charge is 2.33. The van der Waals surface area contributed by atoms with E-state index in [1.165, 1.54) is 31.4 Å². The first-order valence-corrected chi connectivity index (χ1v) is 9.71. The normalized spacial score (nSPS) is 15.2. The fourth-order valence-corrected chi connectivity index (χ4v) is 3.77. The highest BCUT2D eigenvalue weighted by atomic mass is 19.1. The van der Waals surface area contributed by atoms with Gasteiger partial charge in [-0.3, -0.25) is 4.79 Å². The number of aliphatic hydroxyl groups is 1. The monoisotopic (exact) mass is 423 g/mol. The van der Waals surface area contributed by atoms with Gasteiger partial charge in [-0.15, -0.1) is 0 Å². The number of carbonyl (C=O) groups is 1. The highest BCUT2D eigenvalue weighted by Crippen LogP contribution is 2.40. The van der Waals surface area contributed by atoms with Crippen molar-refractivity contribution >= 4 is 17.4 Å². The summed E-state index contributed by atoms with van der Waals surface area (Å²) in [6.45, 7) is 0.295. The zero-order valence-corrected chi connectivity index (χ0v) is 17.1. The molecule has 0 aliphatic carbocycles. The first-order chi connectivity index (χ1) is 15.0. The molecule has 3 aromatic rings. The van der Waals surface area contributed by atoms with E-state index in [0.717, 1.165) is 0 Å². The lowest BCUT2D eigenvalue weighted by atomic mass is 9.94. The third kappa shape index (κ3) is 3.89. The Labute approximate surface area is 179 Å². The molecule has 1 amide bonds. The molecule has 0 bridgehead atoms. The average molecular weight is 423 g/mol. The van der Waals surface area contributed by atoms with Gasteiger partial charge in [-0.1, -0.05) is 12.1 Å². The molecule has 2 N–H and O–H groups in total. The summed E-state index contributed by atoms with van der Waals surface area (Å²) in [6.07, 6.45) is 0.575. The Morgan fingerprint density at radius 2 is 1.87 bits per heavy atom. The van der Waals surface area contributed by atoms with Crippen LogP contribution in [0.2, 0.25) is 0 Å². The SMILES string of the molecule is COc1ccc(OC)c2c1CN(C(=O)c1cccnc1Nc1ccccc1F)C[C@@H]2O.